The van der Waals surface area contributed by atoms with E-state index in [1.807, 2.05) is 0 Å². The largest absolute Gasteiger partial charge is 0.482 e. The van der Waals surface area contributed by atoms with Crippen molar-refractivity contribution in [2.45, 2.75) is 6.92 Å². The smallest absolute Gasteiger partial charge is 0.344 e. The number of aryl methyl sites for hydroxylation is 1. The molecule has 1 N–H and O–H groups in total. The maximum Gasteiger partial charge on any atom is 0.344 e. The van der Waals surface area contributed by atoms with E-state index >= 15 is 0 Å². The van der Waals surface area contributed by atoms with Crippen LogP contribution in [-0.2, 0) is 23.6 Å². The standard InChI is InChI=1S/C18H19N3O5/c1-4-25-15(22)10-26-12-7-5-11(6-8-12)13-9-14-16(19-13)17(23)21(3)18(24)20(14)2/h5-9,19H,4,10H2,1-3H3. The van der Waals surface area contributed by atoms with Gasteiger partial charge < -0.3 is 14.5 Å². The molecular weight excluding hydrogens is 338 g/mol. The highest BCUT2D eigenvalue weighted by Crippen LogP contribution is 2.24. The normalized spacial score (nSPS) is 10.9. The number of aromatic amines is 1. The molecule has 1 aromatic carbocycles. The predicted molar refractivity (Wildman–Crippen MR) is 96.3 cm³/mol. The average molecular weight is 357 g/mol. The van der Waals surface area contributed by atoms with Crippen molar-refractivity contribution < 1.29 is 14.3 Å². The van der Waals surface area contributed by atoms with E-state index in [0.29, 0.717) is 29.1 Å². The molecule has 0 atom stereocenters. The SMILES string of the molecule is CCOC(=O)COc1ccc(-c2cc3c([nH]2)c(=O)n(C)c(=O)n3C)cc1. The summed E-state index contributed by atoms with van der Waals surface area (Å²) in [5.74, 6) is 0.102. The summed E-state index contributed by atoms with van der Waals surface area (Å²) in [5, 5.41) is 0. The molecular formula is C18H19N3O5. The first-order chi connectivity index (χ1) is 12.4. The van der Waals surface area contributed by atoms with Gasteiger partial charge in [0.05, 0.1) is 12.1 Å². The van der Waals surface area contributed by atoms with E-state index in [0.717, 1.165) is 10.1 Å². The number of ether oxygens (including phenoxy) is 2. The molecule has 0 saturated carbocycles. The Morgan fingerprint density at radius 3 is 2.46 bits per heavy atom. The molecule has 0 spiro atoms. The highest BCUT2D eigenvalue weighted by molar-refractivity contribution is 5.82. The average Bonchev–Trinajstić information content (AvgIpc) is 3.09. The van der Waals surface area contributed by atoms with Crippen molar-refractivity contribution in [2.24, 2.45) is 14.1 Å². The van der Waals surface area contributed by atoms with Gasteiger partial charge in [-0.05, 0) is 42.8 Å². The number of hydrogen-bond donors (Lipinski definition) is 1. The second kappa shape index (κ2) is 6.91. The van der Waals surface area contributed by atoms with E-state index in [1.165, 1.54) is 11.6 Å². The van der Waals surface area contributed by atoms with Gasteiger partial charge in [-0.2, -0.15) is 0 Å². The highest BCUT2D eigenvalue weighted by Gasteiger charge is 2.13. The van der Waals surface area contributed by atoms with Gasteiger partial charge >= 0.3 is 11.7 Å². The molecule has 0 saturated heterocycles. The molecule has 0 aliphatic rings. The Kier molecular flexibility index (Phi) is 4.66. The van der Waals surface area contributed by atoms with E-state index in [2.05, 4.69) is 4.98 Å². The fourth-order valence-corrected chi connectivity index (χ4v) is 2.68. The summed E-state index contributed by atoms with van der Waals surface area (Å²) < 4.78 is 12.6. The van der Waals surface area contributed by atoms with Crippen molar-refractivity contribution in [1.29, 1.82) is 0 Å². The summed E-state index contributed by atoms with van der Waals surface area (Å²) in [6.07, 6.45) is 0. The van der Waals surface area contributed by atoms with Crippen molar-refractivity contribution in [1.82, 2.24) is 14.1 Å². The van der Waals surface area contributed by atoms with Crippen LogP contribution in [0.2, 0.25) is 0 Å². The van der Waals surface area contributed by atoms with Crippen LogP contribution < -0.4 is 16.0 Å². The quantitative estimate of drug-likeness (QED) is 0.692. The molecule has 136 valence electrons. The number of fused-ring (bicyclic) bond motifs is 1. The van der Waals surface area contributed by atoms with Gasteiger partial charge in [-0.15, -0.1) is 0 Å². The zero-order chi connectivity index (χ0) is 18.8. The minimum atomic E-state index is -0.427. The van der Waals surface area contributed by atoms with Crippen molar-refractivity contribution in [3.8, 4) is 17.0 Å². The van der Waals surface area contributed by atoms with Gasteiger partial charge in [0, 0.05) is 19.8 Å². The number of hydrogen-bond acceptors (Lipinski definition) is 5. The molecule has 3 aromatic rings. The third kappa shape index (κ3) is 3.13. The number of nitrogens with one attached hydrogen (secondary N) is 1. The van der Waals surface area contributed by atoms with Crippen molar-refractivity contribution in [2.75, 3.05) is 13.2 Å². The van der Waals surface area contributed by atoms with Crippen LogP contribution in [0.15, 0.2) is 39.9 Å². The first-order valence-electron chi connectivity index (χ1n) is 8.10. The fraction of sp³-hybridized carbons (Fsp3) is 0.278. The van der Waals surface area contributed by atoms with Crippen LogP contribution in [0, 0.1) is 0 Å². The molecule has 8 nitrogen and oxygen atoms in total. The molecule has 3 rings (SSSR count). The fourth-order valence-electron chi connectivity index (χ4n) is 2.68. The van der Waals surface area contributed by atoms with E-state index in [4.69, 9.17) is 9.47 Å². The molecule has 26 heavy (non-hydrogen) atoms. The minimum Gasteiger partial charge on any atom is -0.482 e. The third-order valence-corrected chi connectivity index (χ3v) is 4.08. The molecule has 0 fully saturated rings. The first kappa shape index (κ1) is 17.5. The molecule has 2 heterocycles. The predicted octanol–water partition coefficient (Wildman–Crippen LogP) is 1.17. The van der Waals surface area contributed by atoms with Crippen LogP contribution in [-0.4, -0.2) is 33.3 Å². The molecule has 2 aromatic heterocycles. The van der Waals surface area contributed by atoms with E-state index < -0.39 is 5.97 Å². The van der Waals surface area contributed by atoms with Crippen LogP contribution in [0.5, 0.6) is 5.75 Å². The number of nitrogens with zero attached hydrogens (tertiary/aromatic N) is 2. The van der Waals surface area contributed by atoms with Crippen molar-refractivity contribution in [3.63, 3.8) is 0 Å². The monoisotopic (exact) mass is 357 g/mol. The number of esters is 1. The Hall–Kier alpha value is -3.29. The van der Waals surface area contributed by atoms with Crippen LogP contribution in [0.1, 0.15) is 6.92 Å². The number of aromatic nitrogens is 3. The van der Waals surface area contributed by atoms with Gasteiger partial charge in [-0.3, -0.25) is 13.9 Å². The second-order valence-corrected chi connectivity index (χ2v) is 5.77. The Bertz CT molecular complexity index is 1070. The van der Waals surface area contributed by atoms with Gasteiger partial charge in [-0.1, -0.05) is 0 Å². The summed E-state index contributed by atoms with van der Waals surface area (Å²) in [5.41, 5.74) is 1.68. The maximum absolute atomic E-state index is 12.3. The van der Waals surface area contributed by atoms with Crippen LogP contribution in [0.3, 0.4) is 0 Å². The molecule has 8 heteroatoms. The van der Waals surface area contributed by atoms with Crippen LogP contribution in [0.4, 0.5) is 0 Å². The summed E-state index contributed by atoms with van der Waals surface area (Å²) in [7, 11) is 3.06. The highest BCUT2D eigenvalue weighted by atomic mass is 16.6. The summed E-state index contributed by atoms with van der Waals surface area (Å²) >= 11 is 0. The van der Waals surface area contributed by atoms with Gasteiger partial charge in [0.15, 0.2) is 6.61 Å². The molecule has 0 aliphatic heterocycles. The number of carbonyl (C=O) groups is 1. The maximum atomic E-state index is 12.3. The molecule has 0 radical (unpaired) electrons. The van der Waals surface area contributed by atoms with Crippen LogP contribution >= 0.6 is 0 Å². The Morgan fingerprint density at radius 1 is 1.12 bits per heavy atom. The summed E-state index contributed by atoms with van der Waals surface area (Å²) in [4.78, 5) is 38.7. The zero-order valence-electron chi connectivity index (χ0n) is 14.7. The van der Waals surface area contributed by atoms with Crippen molar-refractivity contribution >= 4 is 17.0 Å². The van der Waals surface area contributed by atoms with Gasteiger partial charge in [-0.25, -0.2) is 9.59 Å². The molecule has 0 amide bonds. The number of rotatable bonds is 5. The minimum absolute atomic E-state index is 0.155. The lowest BCUT2D eigenvalue weighted by Gasteiger charge is -2.06. The second-order valence-electron chi connectivity index (χ2n) is 5.77. The molecule has 0 aliphatic carbocycles. The Labute approximate surface area is 148 Å². The lowest BCUT2D eigenvalue weighted by atomic mass is 10.1. The topological polar surface area (TPSA) is 95.3 Å². The van der Waals surface area contributed by atoms with E-state index in [1.54, 1.807) is 44.3 Å². The Morgan fingerprint density at radius 2 is 1.81 bits per heavy atom. The lowest BCUT2D eigenvalue weighted by molar-refractivity contribution is -0.145. The summed E-state index contributed by atoms with van der Waals surface area (Å²) in [6.45, 7) is 1.89. The lowest BCUT2D eigenvalue weighted by Crippen LogP contribution is -2.36. The van der Waals surface area contributed by atoms with Crippen LogP contribution in [0.25, 0.3) is 22.3 Å². The number of carbonyl (C=O) groups excluding carboxylic acids is 1. The van der Waals surface area contributed by atoms with Gasteiger partial charge in [0.2, 0.25) is 0 Å². The number of H-pyrrole nitrogens is 1. The van der Waals surface area contributed by atoms with Gasteiger partial charge in [0.1, 0.15) is 11.3 Å². The first-order valence-corrected chi connectivity index (χ1v) is 8.10. The molecule has 0 unspecified atom stereocenters. The van der Waals surface area contributed by atoms with E-state index in [9.17, 15) is 14.4 Å². The van der Waals surface area contributed by atoms with Gasteiger partial charge in [0.25, 0.3) is 5.56 Å². The third-order valence-electron chi connectivity index (χ3n) is 4.08. The zero-order valence-corrected chi connectivity index (χ0v) is 14.7. The van der Waals surface area contributed by atoms with E-state index in [-0.39, 0.29) is 17.9 Å². The Balaban J connectivity index is 1.89. The molecule has 0 bridgehead atoms. The summed E-state index contributed by atoms with van der Waals surface area (Å²) in [6, 6.07) is 8.79. The van der Waals surface area contributed by atoms with Crippen molar-refractivity contribution in [3.05, 3.63) is 51.2 Å². The number of benzene rings is 1.